The summed E-state index contributed by atoms with van der Waals surface area (Å²) in [6, 6.07) is 17.0. The molecule has 1 unspecified atom stereocenters. The van der Waals surface area contributed by atoms with Gasteiger partial charge in [0.05, 0.1) is 6.04 Å². The summed E-state index contributed by atoms with van der Waals surface area (Å²) in [5.41, 5.74) is 2.52. The minimum Gasteiger partial charge on any atom is -0.307 e. The Balaban J connectivity index is 2.30. The van der Waals surface area contributed by atoms with Gasteiger partial charge in [0.15, 0.2) is 0 Å². The molecule has 0 amide bonds. The SMILES string of the molecule is CCNC(c1ccc(Cl)cc1)c1ccc(SC)cc1. The van der Waals surface area contributed by atoms with E-state index in [0.717, 1.165) is 11.6 Å². The van der Waals surface area contributed by atoms with Gasteiger partial charge in [-0.2, -0.15) is 0 Å². The van der Waals surface area contributed by atoms with Gasteiger partial charge in [0.25, 0.3) is 0 Å². The highest BCUT2D eigenvalue weighted by molar-refractivity contribution is 7.98. The summed E-state index contributed by atoms with van der Waals surface area (Å²) in [5, 5.41) is 4.30. The van der Waals surface area contributed by atoms with Crippen LogP contribution in [0.3, 0.4) is 0 Å². The highest BCUT2D eigenvalue weighted by atomic mass is 35.5. The van der Waals surface area contributed by atoms with Gasteiger partial charge in [-0.1, -0.05) is 42.8 Å². The first-order chi connectivity index (χ1) is 9.24. The third-order valence-corrected chi connectivity index (χ3v) is 4.06. The van der Waals surface area contributed by atoms with Crippen molar-refractivity contribution >= 4 is 23.4 Å². The second kappa shape index (κ2) is 6.99. The smallest absolute Gasteiger partial charge is 0.0576 e. The molecule has 3 heteroatoms. The Hall–Kier alpha value is -0.960. The van der Waals surface area contributed by atoms with Crippen molar-refractivity contribution in [1.29, 1.82) is 0 Å². The second-order valence-electron chi connectivity index (χ2n) is 4.32. The molecule has 0 aromatic heterocycles. The molecule has 1 atom stereocenters. The third kappa shape index (κ3) is 3.75. The standard InChI is InChI=1S/C16H18ClNS/c1-3-18-16(12-4-8-14(17)9-5-12)13-6-10-15(19-2)11-7-13/h4-11,16,18H,3H2,1-2H3. The van der Waals surface area contributed by atoms with Crippen molar-refractivity contribution in [3.8, 4) is 0 Å². The maximum atomic E-state index is 5.96. The van der Waals surface area contributed by atoms with E-state index in [2.05, 4.69) is 54.9 Å². The number of halogens is 1. The number of thioether (sulfide) groups is 1. The summed E-state index contributed by atoms with van der Waals surface area (Å²) in [5.74, 6) is 0. The first-order valence-corrected chi connectivity index (χ1v) is 7.97. The van der Waals surface area contributed by atoms with Gasteiger partial charge < -0.3 is 5.32 Å². The average Bonchev–Trinajstić information content (AvgIpc) is 2.46. The molecule has 2 rings (SSSR count). The first-order valence-electron chi connectivity index (χ1n) is 6.37. The third-order valence-electron chi connectivity index (χ3n) is 3.06. The van der Waals surface area contributed by atoms with Gasteiger partial charge in [0.1, 0.15) is 0 Å². The van der Waals surface area contributed by atoms with Crippen LogP contribution in [-0.4, -0.2) is 12.8 Å². The Morgan fingerprint density at radius 3 is 2.00 bits per heavy atom. The summed E-state index contributed by atoms with van der Waals surface area (Å²) >= 11 is 7.72. The fraction of sp³-hybridized carbons (Fsp3) is 0.250. The molecule has 100 valence electrons. The maximum absolute atomic E-state index is 5.96. The fourth-order valence-electron chi connectivity index (χ4n) is 2.08. The van der Waals surface area contributed by atoms with E-state index in [0.29, 0.717) is 0 Å². The summed E-state index contributed by atoms with van der Waals surface area (Å²) in [4.78, 5) is 1.29. The van der Waals surface area contributed by atoms with Crippen LogP contribution in [0.15, 0.2) is 53.4 Å². The van der Waals surface area contributed by atoms with E-state index in [4.69, 9.17) is 11.6 Å². The maximum Gasteiger partial charge on any atom is 0.0576 e. The van der Waals surface area contributed by atoms with E-state index in [9.17, 15) is 0 Å². The molecule has 2 aromatic rings. The van der Waals surface area contributed by atoms with Gasteiger partial charge in [-0.25, -0.2) is 0 Å². The van der Waals surface area contributed by atoms with Crippen LogP contribution in [0.4, 0.5) is 0 Å². The zero-order valence-electron chi connectivity index (χ0n) is 11.2. The second-order valence-corrected chi connectivity index (χ2v) is 5.63. The van der Waals surface area contributed by atoms with Gasteiger partial charge in [0.2, 0.25) is 0 Å². The van der Waals surface area contributed by atoms with Crippen LogP contribution < -0.4 is 5.32 Å². The molecule has 1 N–H and O–H groups in total. The fourth-order valence-corrected chi connectivity index (χ4v) is 2.62. The molecule has 0 saturated heterocycles. The average molecular weight is 292 g/mol. The van der Waals surface area contributed by atoms with Crippen LogP contribution in [0.2, 0.25) is 5.02 Å². The summed E-state index contributed by atoms with van der Waals surface area (Å²) < 4.78 is 0. The zero-order valence-corrected chi connectivity index (χ0v) is 12.8. The molecule has 0 bridgehead atoms. The van der Waals surface area contributed by atoms with Crippen molar-refractivity contribution < 1.29 is 0 Å². The van der Waals surface area contributed by atoms with Crippen LogP contribution >= 0.6 is 23.4 Å². The summed E-state index contributed by atoms with van der Waals surface area (Å²) in [7, 11) is 0. The largest absolute Gasteiger partial charge is 0.307 e. The molecular formula is C16H18ClNS. The highest BCUT2D eigenvalue weighted by Gasteiger charge is 2.12. The Morgan fingerprint density at radius 2 is 1.53 bits per heavy atom. The molecule has 19 heavy (non-hydrogen) atoms. The molecule has 0 saturated carbocycles. The van der Waals surface area contributed by atoms with Gasteiger partial charge in [-0.05, 0) is 48.2 Å². The number of benzene rings is 2. The van der Waals surface area contributed by atoms with Gasteiger partial charge in [0, 0.05) is 9.92 Å². The lowest BCUT2D eigenvalue weighted by molar-refractivity contribution is 0.630. The molecule has 1 nitrogen and oxygen atoms in total. The van der Waals surface area contributed by atoms with E-state index in [1.165, 1.54) is 16.0 Å². The van der Waals surface area contributed by atoms with E-state index in [-0.39, 0.29) is 6.04 Å². The highest BCUT2D eigenvalue weighted by Crippen LogP contribution is 2.25. The predicted molar refractivity (Wildman–Crippen MR) is 85.2 cm³/mol. The Bertz CT molecular complexity index is 507. The van der Waals surface area contributed by atoms with E-state index >= 15 is 0 Å². The van der Waals surface area contributed by atoms with Crippen molar-refractivity contribution in [2.24, 2.45) is 0 Å². The van der Waals surface area contributed by atoms with Crippen molar-refractivity contribution in [2.75, 3.05) is 12.8 Å². The lowest BCUT2D eigenvalue weighted by Crippen LogP contribution is -2.21. The number of nitrogens with one attached hydrogen (secondary N) is 1. The molecule has 0 aliphatic rings. The lowest BCUT2D eigenvalue weighted by atomic mass is 9.99. The molecule has 0 radical (unpaired) electrons. The van der Waals surface area contributed by atoms with Crippen molar-refractivity contribution in [2.45, 2.75) is 17.9 Å². The Morgan fingerprint density at radius 1 is 1.00 bits per heavy atom. The quantitative estimate of drug-likeness (QED) is 0.797. The van der Waals surface area contributed by atoms with Crippen LogP contribution in [-0.2, 0) is 0 Å². The van der Waals surface area contributed by atoms with E-state index < -0.39 is 0 Å². The van der Waals surface area contributed by atoms with Gasteiger partial charge in [-0.15, -0.1) is 11.8 Å². The van der Waals surface area contributed by atoms with E-state index in [1.54, 1.807) is 11.8 Å². The molecular weight excluding hydrogens is 274 g/mol. The zero-order chi connectivity index (χ0) is 13.7. The minimum atomic E-state index is 0.221. The summed E-state index contributed by atoms with van der Waals surface area (Å²) in [6.07, 6.45) is 2.09. The number of rotatable bonds is 5. The Labute approximate surface area is 124 Å². The predicted octanol–water partition coefficient (Wildman–Crippen LogP) is 4.76. The monoisotopic (exact) mass is 291 g/mol. The first kappa shape index (κ1) is 14.4. The van der Waals surface area contributed by atoms with Crippen molar-refractivity contribution in [1.82, 2.24) is 5.32 Å². The Kier molecular flexibility index (Phi) is 5.32. The van der Waals surface area contributed by atoms with Gasteiger partial charge in [-0.3, -0.25) is 0 Å². The molecule has 0 aliphatic carbocycles. The molecule has 0 fully saturated rings. The van der Waals surface area contributed by atoms with Crippen LogP contribution in [0.1, 0.15) is 24.1 Å². The lowest BCUT2D eigenvalue weighted by Gasteiger charge is -2.19. The van der Waals surface area contributed by atoms with E-state index in [1.807, 2.05) is 12.1 Å². The molecule has 2 aromatic carbocycles. The van der Waals surface area contributed by atoms with Crippen molar-refractivity contribution in [3.05, 3.63) is 64.7 Å². The number of hydrogen-bond acceptors (Lipinski definition) is 2. The van der Waals surface area contributed by atoms with Crippen molar-refractivity contribution in [3.63, 3.8) is 0 Å². The molecule has 0 aliphatic heterocycles. The topological polar surface area (TPSA) is 12.0 Å². The normalized spacial score (nSPS) is 12.4. The van der Waals surface area contributed by atoms with Crippen LogP contribution in [0.25, 0.3) is 0 Å². The minimum absolute atomic E-state index is 0.221. The summed E-state index contributed by atoms with van der Waals surface area (Å²) in [6.45, 7) is 3.05. The van der Waals surface area contributed by atoms with Crippen LogP contribution in [0.5, 0.6) is 0 Å². The molecule has 0 heterocycles. The van der Waals surface area contributed by atoms with Crippen LogP contribution in [0, 0.1) is 0 Å². The number of hydrogen-bond donors (Lipinski definition) is 1. The molecule has 0 spiro atoms. The van der Waals surface area contributed by atoms with Gasteiger partial charge >= 0.3 is 0 Å².